The van der Waals surface area contributed by atoms with E-state index in [9.17, 15) is 9.59 Å². The maximum Gasteiger partial charge on any atom is 0.226 e. The summed E-state index contributed by atoms with van der Waals surface area (Å²) in [5, 5.41) is 3.30. The molecule has 1 aliphatic heterocycles. The third-order valence-electron chi connectivity index (χ3n) is 3.08. The number of carbonyl (C=O) groups excluding carboxylic acids is 2. The fraction of sp³-hybridized carbons (Fsp3) is 0.857. The first-order chi connectivity index (χ1) is 10.1. The van der Waals surface area contributed by atoms with E-state index >= 15 is 0 Å². The molecule has 0 aromatic carbocycles. The van der Waals surface area contributed by atoms with E-state index in [4.69, 9.17) is 4.74 Å². The first kappa shape index (κ1) is 18.6. The first-order valence-electron chi connectivity index (χ1n) is 7.48. The molecule has 0 aromatic heterocycles. The molecule has 5 nitrogen and oxygen atoms in total. The predicted octanol–water partition coefficient (Wildman–Crippen LogP) is 2.32. The zero-order chi connectivity index (χ0) is 15.5. The molecule has 122 valence electrons. The summed E-state index contributed by atoms with van der Waals surface area (Å²) in [5.41, 5.74) is 0.284. The van der Waals surface area contributed by atoms with Crippen molar-refractivity contribution in [3.05, 3.63) is 0 Å². The summed E-state index contributed by atoms with van der Waals surface area (Å²) in [6, 6.07) is 0. The van der Waals surface area contributed by atoms with E-state index < -0.39 is 0 Å². The van der Waals surface area contributed by atoms with Crippen molar-refractivity contribution in [2.24, 2.45) is 0 Å². The van der Waals surface area contributed by atoms with E-state index in [2.05, 4.69) is 10.0 Å². The molecule has 2 atom stereocenters. The minimum Gasteiger partial charge on any atom is -0.368 e. The Morgan fingerprint density at radius 3 is 2.67 bits per heavy atom. The normalized spacial score (nSPS) is 19.8. The molecule has 0 aliphatic carbocycles. The highest BCUT2D eigenvalue weighted by Gasteiger charge is 2.20. The number of hydrogen-bond donors (Lipinski definition) is 2. The van der Waals surface area contributed by atoms with Crippen LogP contribution in [-0.2, 0) is 14.3 Å². The number of rotatable bonds is 9. The molecule has 0 radical (unpaired) electrons. The third-order valence-corrected chi connectivity index (χ3v) is 5.48. The molecule has 7 heteroatoms. The average Bonchev–Trinajstić information content (AvgIpc) is 2.43. The summed E-state index contributed by atoms with van der Waals surface area (Å²) >= 11 is 3.33. The minimum absolute atomic E-state index is 0.0142. The van der Waals surface area contributed by atoms with Crippen LogP contribution in [0.5, 0.6) is 0 Å². The van der Waals surface area contributed by atoms with Gasteiger partial charge in [0.15, 0.2) is 0 Å². The van der Waals surface area contributed by atoms with Gasteiger partial charge in [0, 0.05) is 38.0 Å². The van der Waals surface area contributed by atoms with E-state index in [1.54, 1.807) is 6.92 Å². The van der Waals surface area contributed by atoms with Crippen LogP contribution >= 0.6 is 23.7 Å². The monoisotopic (exact) mass is 334 g/mol. The Labute approximate surface area is 135 Å². The Balaban J connectivity index is 2.29. The maximum absolute atomic E-state index is 11.0. The zero-order valence-electron chi connectivity index (χ0n) is 12.9. The molecule has 0 saturated carbocycles. The number of thioether (sulfide) groups is 1. The van der Waals surface area contributed by atoms with Crippen molar-refractivity contribution in [1.82, 2.24) is 10.0 Å². The highest BCUT2D eigenvalue weighted by Crippen LogP contribution is 2.30. The number of carbonyl (C=O) groups is 2. The first-order valence-corrected chi connectivity index (χ1v) is 9.40. The van der Waals surface area contributed by atoms with Gasteiger partial charge in [0.25, 0.3) is 0 Å². The van der Waals surface area contributed by atoms with Crippen molar-refractivity contribution in [2.75, 3.05) is 18.9 Å². The van der Waals surface area contributed by atoms with Gasteiger partial charge in [-0.05, 0) is 32.1 Å². The van der Waals surface area contributed by atoms with Crippen LogP contribution in [0.1, 0.15) is 46.0 Å². The van der Waals surface area contributed by atoms with E-state index in [1.165, 1.54) is 25.3 Å². The second kappa shape index (κ2) is 11.2. The zero-order valence-corrected chi connectivity index (χ0v) is 14.5. The lowest BCUT2D eigenvalue weighted by atomic mass is 10.2. The fourth-order valence-corrected chi connectivity index (χ4v) is 4.34. The van der Waals surface area contributed by atoms with Crippen LogP contribution in [0.25, 0.3) is 0 Å². The molecule has 1 heterocycles. The molecular formula is C14H26N2O3S2. The Morgan fingerprint density at radius 1 is 1.24 bits per heavy atom. The van der Waals surface area contributed by atoms with Crippen LogP contribution in [0.2, 0.25) is 0 Å². The number of ether oxygens (including phenoxy) is 1. The molecule has 1 aliphatic rings. The summed E-state index contributed by atoms with van der Waals surface area (Å²) in [7, 11) is 0. The lowest BCUT2D eigenvalue weighted by molar-refractivity contribution is -0.119. The van der Waals surface area contributed by atoms with Crippen molar-refractivity contribution in [3.8, 4) is 0 Å². The molecule has 1 fully saturated rings. The van der Waals surface area contributed by atoms with Crippen molar-refractivity contribution in [3.63, 3.8) is 0 Å². The van der Waals surface area contributed by atoms with Crippen LogP contribution in [0.4, 0.5) is 0 Å². The average molecular weight is 335 g/mol. The summed E-state index contributed by atoms with van der Waals surface area (Å²) < 4.78 is 8.53. The van der Waals surface area contributed by atoms with E-state index in [0.717, 1.165) is 38.0 Å². The number of amides is 2. The summed E-state index contributed by atoms with van der Waals surface area (Å²) in [6.45, 7) is 4.62. The van der Waals surface area contributed by atoms with Gasteiger partial charge < -0.3 is 14.8 Å². The lowest BCUT2D eigenvalue weighted by Gasteiger charge is -2.26. The fourth-order valence-electron chi connectivity index (χ4n) is 2.07. The molecule has 2 N–H and O–H groups in total. The van der Waals surface area contributed by atoms with Crippen LogP contribution in [0, 0.1) is 0 Å². The van der Waals surface area contributed by atoms with Crippen LogP contribution < -0.4 is 10.0 Å². The van der Waals surface area contributed by atoms with E-state index in [0.29, 0.717) is 11.8 Å². The molecular weight excluding hydrogens is 308 g/mol. The summed E-state index contributed by atoms with van der Waals surface area (Å²) in [5.74, 6) is 0.877. The molecule has 0 spiro atoms. The topological polar surface area (TPSA) is 67.4 Å². The van der Waals surface area contributed by atoms with Crippen molar-refractivity contribution in [2.45, 2.75) is 56.6 Å². The summed E-state index contributed by atoms with van der Waals surface area (Å²) in [6.07, 6.45) is 5.43. The van der Waals surface area contributed by atoms with Gasteiger partial charge in [-0.2, -0.15) is 0 Å². The van der Waals surface area contributed by atoms with Gasteiger partial charge in [-0.15, -0.1) is 11.8 Å². The Kier molecular flexibility index (Phi) is 9.95. The second-order valence-electron chi connectivity index (χ2n) is 5.12. The molecule has 1 saturated heterocycles. The molecule has 0 bridgehead atoms. The largest absolute Gasteiger partial charge is 0.368 e. The Morgan fingerprint density at radius 2 is 2.05 bits per heavy atom. The van der Waals surface area contributed by atoms with Gasteiger partial charge >= 0.3 is 0 Å². The molecule has 21 heavy (non-hydrogen) atoms. The van der Waals surface area contributed by atoms with E-state index in [1.807, 2.05) is 11.8 Å². The van der Waals surface area contributed by atoms with Gasteiger partial charge in [-0.25, -0.2) is 0 Å². The predicted molar refractivity (Wildman–Crippen MR) is 89.2 cm³/mol. The van der Waals surface area contributed by atoms with Crippen molar-refractivity contribution >= 4 is 35.5 Å². The Bertz CT molecular complexity index is 323. The van der Waals surface area contributed by atoms with Gasteiger partial charge in [0.1, 0.15) is 5.44 Å². The number of nitrogens with one attached hydrogen (secondary N) is 2. The quantitative estimate of drug-likeness (QED) is 0.500. The van der Waals surface area contributed by atoms with Gasteiger partial charge in [-0.1, -0.05) is 11.9 Å². The molecule has 0 aromatic rings. The highest BCUT2D eigenvalue weighted by atomic mass is 32.2. The minimum atomic E-state index is -0.0157. The van der Waals surface area contributed by atoms with Crippen molar-refractivity contribution < 1.29 is 14.3 Å². The van der Waals surface area contributed by atoms with Gasteiger partial charge in [-0.3, -0.25) is 9.59 Å². The number of hydrogen-bond acceptors (Lipinski definition) is 5. The Hall–Kier alpha value is -0.400. The lowest BCUT2D eigenvalue weighted by Crippen LogP contribution is -2.26. The van der Waals surface area contributed by atoms with Crippen LogP contribution in [0.3, 0.4) is 0 Å². The second-order valence-corrected chi connectivity index (χ2v) is 7.49. The van der Waals surface area contributed by atoms with E-state index in [-0.39, 0.29) is 17.3 Å². The highest BCUT2D eigenvalue weighted by molar-refractivity contribution is 8.00. The standard InChI is InChI=1S/C14H26N2O3S2/c1-11(17)15-8-6-13(7-10-20-16-12(2)18)21-14-5-3-4-9-19-14/h13-14H,3-10H2,1-2H3,(H,15,17)(H,16,18). The smallest absolute Gasteiger partial charge is 0.226 e. The molecule has 2 unspecified atom stereocenters. The summed E-state index contributed by atoms with van der Waals surface area (Å²) in [4.78, 5) is 21.8. The van der Waals surface area contributed by atoms with Gasteiger partial charge in [0.05, 0.1) is 0 Å². The van der Waals surface area contributed by atoms with Gasteiger partial charge in [0.2, 0.25) is 11.8 Å². The molecule has 1 rings (SSSR count). The SMILES string of the molecule is CC(=O)NCCC(CCSNC(C)=O)SC1CCCCO1. The van der Waals surface area contributed by atoms with Crippen LogP contribution in [-0.4, -0.2) is 41.4 Å². The third kappa shape index (κ3) is 10.0. The van der Waals surface area contributed by atoms with Crippen molar-refractivity contribution in [1.29, 1.82) is 0 Å². The molecule has 2 amide bonds. The van der Waals surface area contributed by atoms with Crippen LogP contribution in [0.15, 0.2) is 0 Å². The maximum atomic E-state index is 11.0.